The van der Waals surface area contributed by atoms with Crippen molar-refractivity contribution in [2.24, 2.45) is 4.99 Å². The van der Waals surface area contributed by atoms with Crippen molar-refractivity contribution in [3.8, 4) is 0 Å². The van der Waals surface area contributed by atoms with Crippen LogP contribution in [0.3, 0.4) is 0 Å². The summed E-state index contributed by atoms with van der Waals surface area (Å²) >= 11 is 7.75. The summed E-state index contributed by atoms with van der Waals surface area (Å²) in [4.78, 5) is 26.1. The number of carbonyl (C=O) groups excluding carboxylic acids is 1. The summed E-state index contributed by atoms with van der Waals surface area (Å²) in [6.45, 7) is -0.0531. The van der Waals surface area contributed by atoms with Crippen LogP contribution in [0.2, 0.25) is 5.02 Å². The molecule has 1 amide bonds. The number of benzene rings is 1. The lowest BCUT2D eigenvalue weighted by Crippen LogP contribution is -2.37. The number of H-pyrrole nitrogens is 1. The van der Waals surface area contributed by atoms with Crippen LogP contribution < -0.4 is 4.90 Å². The van der Waals surface area contributed by atoms with E-state index in [0.717, 1.165) is 11.1 Å². The van der Waals surface area contributed by atoms with Crippen molar-refractivity contribution >= 4 is 51.2 Å². The molecule has 1 aliphatic rings. The van der Waals surface area contributed by atoms with Crippen LogP contribution in [0, 0.1) is 0 Å². The summed E-state index contributed by atoms with van der Waals surface area (Å²) in [7, 11) is 0. The molecule has 132 valence electrons. The predicted molar refractivity (Wildman–Crippen MR) is 105 cm³/mol. The van der Waals surface area contributed by atoms with E-state index in [1.807, 2.05) is 29.2 Å². The van der Waals surface area contributed by atoms with Gasteiger partial charge in [0.1, 0.15) is 5.65 Å². The third-order valence-electron chi connectivity index (χ3n) is 4.18. The minimum absolute atomic E-state index is 0.0531. The second kappa shape index (κ2) is 7.11. The molecule has 0 bridgehead atoms. The van der Waals surface area contributed by atoms with E-state index in [9.17, 15) is 9.90 Å². The second-order valence-electron chi connectivity index (χ2n) is 5.77. The maximum absolute atomic E-state index is 12.8. The van der Waals surface area contributed by atoms with Crippen molar-refractivity contribution < 1.29 is 9.90 Å². The quantitative estimate of drug-likeness (QED) is 0.721. The molecule has 2 N–H and O–H groups in total. The number of aromatic nitrogens is 2. The van der Waals surface area contributed by atoms with Crippen LogP contribution in [0.25, 0.3) is 11.0 Å². The molecule has 1 aromatic carbocycles. The van der Waals surface area contributed by atoms with Crippen LogP contribution in [0.1, 0.15) is 10.4 Å². The Hall–Kier alpha value is -2.35. The average Bonchev–Trinajstić information content (AvgIpc) is 3.26. The van der Waals surface area contributed by atoms with Crippen LogP contribution in [-0.4, -0.2) is 44.6 Å². The van der Waals surface area contributed by atoms with E-state index >= 15 is 0 Å². The van der Waals surface area contributed by atoms with Gasteiger partial charge in [0, 0.05) is 23.5 Å². The highest BCUT2D eigenvalue weighted by Gasteiger charge is 2.33. The SMILES string of the molecule is O=C(N=C1SCC(CO)N1c1ccccc1Cl)c1c[nH]c2ncccc12. The number of aliphatic hydroxyl groups excluding tert-OH is 1. The number of nitrogens with one attached hydrogen (secondary N) is 1. The first kappa shape index (κ1) is 17.1. The molecule has 1 fully saturated rings. The molecule has 8 heteroatoms. The molecule has 3 heterocycles. The number of anilines is 1. The number of pyridine rings is 1. The number of nitrogens with zero attached hydrogens (tertiary/aromatic N) is 3. The molecule has 1 atom stereocenters. The normalized spacial score (nSPS) is 18.8. The highest BCUT2D eigenvalue weighted by atomic mass is 35.5. The number of aliphatic imine (C=N–C) groups is 1. The summed E-state index contributed by atoms with van der Waals surface area (Å²) in [5.74, 6) is 0.269. The molecule has 3 aromatic rings. The maximum atomic E-state index is 12.8. The van der Waals surface area contributed by atoms with E-state index in [1.54, 1.807) is 24.5 Å². The summed E-state index contributed by atoms with van der Waals surface area (Å²) in [6.07, 6.45) is 3.28. The van der Waals surface area contributed by atoms with Gasteiger partial charge in [-0.25, -0.2) is 4.98 Å². The van der Waals surface area contributed by atoms with Crippen molar-refractivity contribution in [1.82, 2.24) is 9.97 Å². The molecular formula is C18H15ClN4O2S. The smallest absolute Gasteiger partial charge is 0.281 e. The topological polar surface area (TPSA) is 81.6 Å². The van der Waals surface area contributed by atoms with E-state index in [0.29, 0.717) is 27.2 Å². The van der Waals surface area contributed by atoms with Crippen molar-refractivity contribution in [2.45, 2.75) is 6.04 Å². The molecule has 1 aliphatic heterocycles. The average molecular weight is 387 g/mol. The summed E-state index contributed by atoms with van der Waals surface area (Å²) in [5.41, 5.74) is 1.84. The monoisotopic (exact) mass is 386 g/mol. The Bertz CT molecular complexity index is 1000. The van der Waals surface area contributed by atoms with Crippen molar-refractivity contribution in [3.05, 3.63) is 59.4 Å². The number of aromatic amines is 1. The molecular weight excluding hydrogens is 372 g/mol. The van der Waals surface area contributed by atoms with Gasteiger partial charge in [0.05, 0.1) is 28.9 Å². The molecule has 1 saturated heterocycles. The van der Waals surface area contributed by atoms with Gasteiger partial charge in [-0.3, -0.25) is 4.79 Å². The zero-order chi connectivity index (χ0) is 18.1. The lowest BCUT2D eigenvalue weighted by molar-refractivity contribution is 0.100. The number of thioether (sulfide) groups is 1. The minimum Gasteiger partial charge on any atom is -0.394 e. The van der Waals surface area contributed by atoms with Crippen molar-refractivity contribution in [3.63, 3.8) is 0 Å². The number of aliphatic hydroxyl groups is 1. The fourth-order valence-corrected chi connectivity index (χ4v) is 4.27. The lowest BCUT2D eigenvalue weighted by atomic mass is 10.2. The Morgan fingerprint density at radius 1 is 1.38 bits per heavy atom. The number of hydrogen-bond donors (Lipinski definition) is 2. The van der Waals surface area contributed by atoms with Gasteiger partial charge in [0.15, 0.2) is 5.17 Å². The molecule has 0 radical (unpaired) electrons. The zero-order valence-corrected chi connectivity index (χ0v) is 15.2. The summed E-state index contributed by atoms with van der Waals surface area (Å²) < 4.78 is 0. The fourth-order valence-electron chi connectivity index (χ4n) is 2.92. The van der Waals surface area contributed by atoms with Crippen LogP contribution in [0.15, 0.2) is 53.8 Å². The van der Waals surface area contributed by atoms with E-state index in [1.165, 1.54) is 11.8 Å². The van der Waals surface area contributed by atoms with Gasteiger partial charge in [-0.1, -0.05) is 35.5 Å². The Morgan fingerprint density at radius 2 is 2.23 bits per heavy atom. The number of carbonyl (C=O) groups is 1. The number of hydrogen-bond acceptors (Lipinski definition) is 4. The maximum Gasteiger partial charge on any atom is 0.281 e. The standard InChI is InChI=1S/C18H15ClN4O2S/c19-14-5-1-2-6-15(14)23-11(9-24)10-26-18(23)22-17(25)13-8-21-16-12(13)4-3-7-20-16/h1-8,11,24H,9-10H2,(H,20,21). The number of halogens is 1. The molecule has 1 unspecified atom stereocenters. The first-order valence-electron chi connectivity index (χ1n) is 8.01. The molecule has 0 spiro atoms. The first-order chi connectivity index (χ1) is 12.7. The Morgan fingerprint density at radius 3 is 3.04 bits per heavy atom. The number of rotatable bonds is 3. The Labute approximate surface area is 158 Å². The van der Waals surface area contributed by atoms with Crippen LogP contribution >= 0.6 is 23.4 Å². The largest absolute Gasteiger partial charge is 0.394 e. The van der Waals surface area contributed by atoms with Crippen LogP contribution in [-0.2, 0) is 0 Å². The van der Waals surface area contributed by atoms with Gasteiger partial charge in [-0.05, 0) is 24.3 Å². The van der Waals surface area contributed by atoms with Gasteiger partial charge < -0.3 is 15.0 Å². The predicted octanol–water partition coefficient (Wildman–Crippen LogP) is 3.33. The minimum atomic E-state index is -0.359. The summed E-state index contributed by atoms with van der Waals surface area (Å²) in [5, 5.41) is 11.5. The van der Waals surface area contributed by atoms with Gasteiger partial charge in [-0.2, -0.15) is 4.99 Å². The van der Waals surface area contributed by atoms with Gasteiger partial charge in [0.25, 0.3) is 5.91 Å². The second-order valence-corrected chi connectivity index (χ2v) is 7.16. The van der Waals surface area contributed by atoms with E-state index in [2.05, 4.69) is 15.0 Å². The van der Waals surface area contributed by atoms with Gasteiger partial charge >= 0.3 is 0 Å². The van der Waals surface area contributed by atoms with Gasteiger partial charge in [0.2, 0.25) is 0 Å². The number of amides is 1. The van der Waals surface area contributed by atoms with Crippen molar-refractivity contribution in [1.29, 1.82) is 0 Å². The Kier molecular flexibility index (Phi) is 4.67. The number of para-hydroxylation sites is 1. The first-order valence-corrected chi connectivity index (χ1v) is 9.38. The zero-order valence-electron chi connectivity index (χ0n) is 13.6. The molecule has 4 rings (SSSR count). The molecule has 0 aliphatic carbocycles. The van der Waals surface area contributed by atoms with E-state index in [-0.39, 0.29) is 18.6 Å². The molecule has 2 aromatic heterocycles. The number of amidine groups is 1. The lowest BCUT2D eigenvalue weighted by Gasteiger charge is -2.25. The third kappa shape index (κ3) is 2.98. The van der Waals surface area contributed by atoms with E-state index in [4.69, 9.17) is 11.6 Å². The number of fused-ring (bicyclic) bond motifs is 1. The summed E-state index contributed by atoms with van der Waals surface area (Å²) in [6, 6.07) is 10.8. The molecule has 26 heavy (non-hydrogen) atoms. The van der Waals surface area contributed by atoms with Gasteiger partial charge in [-0.15, -0.1) is 0 Å². The Balaban J connectivity index is 1.73. The highest BCUT2D eigenvalue weighted by molar-refractivity contribution is 8.14. The van der Waals surface area contributed by atoms with Crippen LogP contribution in [0.5, 0.6) is 0 Å². The fraction of sp³-hybridized carbons (Fsp3) is 0.167. The highest BCUT2D eigenvalue weighted by Crippen LogP contribution is 2.35. The van der Waals surface area contributed by atoms with Crippen LogP contribution in [0.4, 0.5) is 5.69 Å². The third-order valence-corrected chi connectivity index (χ3v) is 5.59. The van der Waals surface area contributed by atoms with Crippen molar-refractivity contribution in [2.75, 3.05) is 17.3 Å². The molecule has 6 nitrogen and oxygen atoms in total. The molecule has 0 saturated carbocycles. The van der Waals surface area contributed by atoms with E-state index < -0.39 is 0 Å².